The van der Waals surface area contributed by atoms with E-state index in [0.717, 1.165) is 32.0 Å². The second kappa shape index (κ2) is 8.42. The number of nitrogens with two attached hydrogens (primary N) is 1. The van der Waals surface area contributed by atoms with Gasteiger partial charge in [-0.1, -0.05) is 17.6 Å². The van der Waals surface area contributed by atoms with Gasteiger partial charge in [-0.3, -0.25) is 9.69 Å². The minimum atomic E-state index is -4.64. The molecule has 0 radical (unpaired) electrons. The van der Waals surface area contributed by atoms with Crippen molar-refractivity contribution in [3.8, 4) is 0 Å². The topological polar surface area (TPSA) is 76.6 Å². The molecule has 3 aliphatic rings. The van der Waals surface area contributed by atoms with Gasteiger partial charge in [0.05, 0.1) is 16.3 Å². The van der Waals surface area contributed by atoms with Gasteiger partial charge < -0.3 is 21.3 Å². The van der Waals surface area contributed by atoms with Crippen LogP contribution in [0.4, 0.5) is 18.9 Å². The summed E-state index contributed by atoms with van der Waals surface area (Å²) in [6.45, 7) is 3.35. The zero-order valence-corrected chi connectivity index (χ0v) is 18.2. The number of piperazine rings is 1. The number of piperidine rings is 1. The number of nitrogens with zero attached hydrogens (tertiary/aromatic N) is 3. The minimum absolute atomic E-state index is 0.135. The Morgan fingerprint density at radius 3 is 2.45 bits per heavy atom. The molecule has 172 valence electrons. The summed E-state index contributed by atoms with van der Waals surface area (Å²) in [7, 11) is 2.17. The van der Waals surface area contributed by atoms with Crippen LogP contribution in [0.15, 0.2) is 12.1 Å². The molecule has 3 heterocycles. The lowest BCUT2D eigenvalue weighted by Crippen LogP contribution is -2.53. The van der Waals surface area contributed by atoms with Crippen LogP contribution in [-0.4, -0.2) is 78.0 Å². The number of likely N-dealkylation sites (N-methyl/N-ethyl adjacent to an activating group) is 1. The lowest BCUT2D eigenvalue weighted by Gasteiger charge is -2.43. The highest BCUT2D eigenvalue weighted by Gasteiger charge is 2.44. The standard InChI is InChI=1S/C21H28ClF3N5O/c1-28-10-15-9-14(28)11-30(15)13-2-4-29(5-3-13)20(31)18(26)8-12-6-16(21(23,24)25)19(27)17(22)7-12/h6-7,13-15,18,26H,2-5,8-11,27H2,1H3/q-1/t14?,15?,18-/m1/s1. The number of rotatable bonds is 4. The van der Waals surface area contributed by atoms with E-state index in [1.165, 1.54) is 12.5 Å². The van der Waals surface area contributed by atoms with E-state index >= 15 is 0 Å². The molecule has 3 N–H and O–H groups in total. The predicted octanol–water partition coefficient (Wildman–Crippen LogP) is 3.28. The van der Waals surface area contributed by atoms with Gasteiger partial charge in [0, 0.05) is 44.3 Å². The van der Waals surface area contributed by atoms with E-state index in [9.17, 15) is 18.0 Å². The maximum absolute atomic E-state index is 13.2. The maximum atomic E-state index is 13.2. The van der Waals surface area contributed by atoms with Gasteiger partial charge in [-0.25, -0.2) is 0 Å². The SMILES string of the molecule is CN1CC2CC1CN2C1CCN(C(=O)[C@H]([NH-])Cc2cc(Cl)c(N)c(C(F)(F)F)c2)CC1. The Morgan fingerprint density at radius 2 is 1.90 bits per heavy atom. The van der Waals surface area contributed by atoms with Crippen LogP contribution in [0.5, 0.6) is 0 Å². The number of halogens is 4. The Bertz CT molecular complexity index is 841. The van der Waals surface area contributed by atoms with Gasteiger partial charge in [-0.05, 0) is 50.4 Å². The van der Waals surface area contributed by atoms with E-state index in [4.69, 9.17) is 23.1 Å². The maximum Gasteiger partial charge on any atom is 0.418 e. The van der Waals surface area contributed by atoms with Crippen LogP contribution in [0.2, 0.25) is 5.02 Å². The Morgan fingerprint density at radius 1 is 1.23 bits per heavy atom. The highest BCUT2D eigenvalue weighted by atomic mass is 35.5. The fourth-order valence-corrected chi connectivity index (χ4v) is 5.57. The summed E-state index contributed by atoms with van der Waals surface area (Å²) in [6.07, 6.45) is -1.82. The number of benzene rings is 1. The molecule has 0 spiro atoms. The summed E-state index contributed by atoms with van der Waals surface area (Å²) in [5.41, 5.74) is 12.3. The second-order valence-corrected chi connectivity index (χ2v) is 9.44. The number of nitrogen functional groups attached to an aromatic ring is 1. The number of anilines is 1. The van der Waals surface area contributed by atoms with Crippen molar-refractivity contribution in [3.05, 3.63) is 34.0 Å². The van der Waals surface area contributed by atoms with Crippen molar-refractivity contribution in [1.82, 2.24) is 14.7 Å². The molecule has 6 nitrogen and oxygen atoms in total. The molecule has 3 aliphatic heterocycles. The summed E-state index contributed by atoms with van der Waals surface area (Å²) < 4.78 is 39.5. The van der Waals surface area contributed by atoms with E-state index in [0.29, 0.717) is 31.2 Å². The zero-order valence-electron chi connectivity index (χ0n) is 17.5. The normalized spacial score (nSPS) is 26.6. The van der Waals surface area contributed by atoms with Crippen molar-refractivity contribution < 1.29 is 18.0 Å². The summed E-state index contributed by atoms with van der Waals surface area (Å²) >= 11 is 5.86. The zero-order chi connectivity index (χ0) is 22.5. The lowest BCUT2D eigenvalue weighted by atomic mass is 9.98. The Kier molecular flexibility index (Phi) is 6.15. The molecule has 3 atom stereocenters. The molecule has 0 saturated carbocycles. The molecule has 4 rings (SSSR count). The smallest absolute Gasteiger partial charge is 0.418 e. The molecule has 10 heteroatoms. The van der Waals surface area contributed by atoms with Crippen molar-refractivity contribution in [3.63, 3.8) is 0 Å². The quantitative estimate of drug-likeness (QED) is 0.702. The second-order valence-electron chi connectivity index (χ2n) is 9.03. The summed E-state index contributed by atoms with van der Waals surface area (Å²) in [6, 6.07) is 2.73. The average molecular weight is 459 g/mol. The van der Waals surface area contributed by atoms with E-state index in [-0.39, 0.29) is 22.9 Å². The molecule has 3 fully saturated rings. The first kappa shape index (κ1) is 22.6. The average Bonchev–Trinajstić information content (AvgIpc) is 3.28. The molecular formula is C21H28ClF3N5O-. The van der Waals surface area contributed by atoms with Crippen LogP contribution in [-0.2, 0) is 17.4 Å². The fraction of sp³-hybridized carbons (Fsp3) is 0.667. The van der Waals surface area contributed by atoms with Gasteiger partial charge in [0.15, 0.2) is 0 Å². The molecule has 0 aromatic heterocycles. The van der Waals surface area contributed by atoms with Crippen LogP contribution in [0.3, 0.4) is 0 Å². The van der Waals surface area contributed by atoms with Crippen molar-refractivity contribution in [2.75, 3.05) is 39.0 Å². The number of carbonyl (C=O) groups is 1. The first-order valence-electron chi connectivity index (χ1n) is 10.7. The predicted molar refractivity (Wildman–Crippen MR) is 114 cm³/mol. The van der Waals surface area contributed by atoms with Crippen LogP contribution >= 0.6 is 11.6 Å². The Hall–Kier alpha value is -1.55. The van der Waals surface area contributed by atoms with Crippen LogP contribution in [0.1, 0.15) is 30.4 Å². The van der Waals surface area contributed by atoms with Crippen LogP contribution < -0.4 is 5.73 Å². The molecule has 2 bridgehead atoms. The van der Waals surface area contributed by atoms with Gasteiger partial charge in [0.2, 0.25) is 5.91 Å². The summed E-state index contributed by atoms with van der Waals surface area (Å²) in [5, 5.41) is -0.212. The third kappa shape index (κ3) is 4.51. The number of fused-ring (bicyclic) bond motifs is 2. The number of nitrogens with one attached hydrogen (secondary N) is 1. The van der Waals surface area contributed by atoms with Gasteiger partial charge in [-0.2, -0.15) is 13.2 Å². The first-order valence-corrected chi connectivity index (χ1v) is 11.0. The number of hydrogen-bond donors (Lipinski definition) is 1. The van der Waals surface area contributed by atoms with Crippen molar-refractivity contribution >= 4 is 23.2 Å². The van der Waals surface area contributed by atoms with Gasteiger partial charge in [0.1, 0.15) is 0 Å². The fourth-order valence-electron chi connectivity index (χ4n) is 5.33. The molecule has 2 unspecified atom stereocenters. The molecular weight excluding hydrogens is 431 g/mol. The summed E-state index contributed by atoms with van der Waals surface area (Å²) in [4.78, 5) is 19.4. The van der Waals surface area contributed by atoms with Gasteiger partial charge in [0.25, 0.3) is 0 Å². The van der Waals surface area contributed by atoms with Crippen molar-refractivity contribution in [2.45, 2.75) is 56.0 Å². The van der Waals surface area contributed by atoms with Crippen LogP contribution in [0, 0.1) is 0 Å². The number of amides is 1. The van der Waals surface area contributed by atoms with E-state index in [1.807, 2.05) is 0 Å². The third-order valence-electron chi connectivity index (χ3n) is 7.03. The highest BCUT2D eigenvalue weighted by Crippen LogP contribution is 2.38. The monoisotopic (exact) mass is 458 g/mol. The molecule has 31 heavy (non-hydrogen) atoms. The number of likely N-dealkylation sites (tertiary alicyclic amines) is 3. The van der Waals surface area contributed by atoms with Gasteiger partial charge in [-0.15, -0.1) is 0 Å². The Balaban J connectivity index is 1.34. The summed E-state index contributed by atoms with van der Waals surface area (Å²) in [5.74, 6) is -0.345. The van der Waals surface area contributed by atoms with E-state index in [2.05, 4.69) is 16.8 Å². The number of carbonyl (C=O) groups excluding carboxylic acids is 1. The molecule has 1 aromatic rings. The minimum Gasteiger partial charge on any atom is -0.667 e. The van der Waals surface area contributed by atoms with E-state index < -0.39 is 23.5 Å². The molecule has 1 amide bonds. The third-order valence-corrected chi connectivity index (χ3v) is 7.35. The van der Waals surface area contributed by atoms with Crippen molar-refractivity contribution in [2.24, 2.45) is 0 Å². The number of hydrogen-bond acceptors (Lipinski definition) is 4. The van der Waals surface area contributed by atoms with E-state index in [1.54, 1.807) is 4.90 Å². The largest absolute Gasteiger partial charge is 0.667 e. The lowest BCUT2D eigenvalue weighted by molar-refractivity contribution is -0.137. The molecule has 1 aromatic carbocycles. The first-order chi connectivity index (χ1) is 14.5. The molecule has 3 saturated heterocycles. The highest BCUT2D eigenvalue weighted by molar-refractivity contribution is 6.33. The van der Waals surface area contributed by atoms with Crippen molar-refractivity contribution in [1.29, 1.82) is 0 Å². The Labute approximate surface area is 185 Å². The van der Waals surface area contributed by atoms with Crippen LogP contribution in [0.25, 0.3) is 5.73 Å². The molecule has 0 aliphatic carbocycles. The van der Waals surface area contributed by atoms with Gasteiger partial charge >= 0.3 is 6.18 Å². The number of alkyl halides is 3.